The van der Waals surface area contributed by atoms with Gasteiger partial charge in [-0.15, -0.1) is 5.10 Å². The number of nitrogens with one attached hydrogen (secondary N) is 1. The Kier molecular flexibility index (Phi) is 7.05. The van der Waals surface area contributed by atoms with Crippen molar-refractivity contribution in [3.63, 3.8) is 0 Å². The predicted octanol–water partition coefficient (Wildman–Crippen LogP) is 5.25. The topological polar surface area (TPSA) is 78.3 Å². The van der Waals surface area contributed by atoms with Gasteiger partial charge in [0.15, 0.2) is 0 Å². The fourth-order valence-corrected chi connectivity index (χ4v) is 4.66. The monoisotopic (exact) mass is 482 g/mol. The van der Waals surface area contributed by atoms with Gasteiger partial charge in [0.2, 0.25) is 11.1 Å². The van der Waals surface area contributed by atoms with E-state index in [1.165, 1.54) is 17.8 Å². The molecule has 170 valence electrons. The molecule has 0 aliphatic carbocycles. The highest BCUT2D eigenvalue weighted by Crippen LogP contribution is 2.38. The van der Waals surface area contributed by atoms with Crippen molar-refractivity contribution < 1.29 is 14.3 Å². The highest BCUT2D eigenvalue weighted by Gasteiger charge is 2.35. The summed E-state index contributed by atoms with van der Waals surface area (Å²) in [5.41, 5.74) is 2.93. The maximum atomic E-state index is 13.0. The Labute approximate surface area is 201 Å². The number of esters is 1. The van der Waals surface area contributed by atoms with Crippen molar-refractivity contribution in [1.82, 2.24) is 14.8 Å². The molecule has 1 aliphatic rings. The first-order valence-electron chi connectivity index (χ1n) is 10.2. The molecule has 0 bridgehead atoms. The Morgan fingerprint density at radius 1 is 1.30 bits per heavy atom. The molecule has 0 saturated carbocycles. The molecular formula is C24H23ClN4O3S. The highest BCUT2D eigenvalue weighted by atomic mass is 35.5. The number of methoxy groups -OCH3 is 1. The van der Waals surface area contributed by atoms with Crippen molar-refractivity contribution in [2.75, 3.05) is 19.0 Å². The highest BCUT2D eigenvalue weighted by molar-refractivity contribution is 7.98. The molecule has 7 nitrogen and oxygen atoms in total. The first kappa shape index (κ1) is 22.9. The van der Waals surface area contributed by atoms with Gasteiger partial charge >= 0.3 is 5.97 Å². The van der Waals surface area contributed by atoms with E-state index in [9.17, 15) is 4.79 Å². The van der Waals surface area contributed by atoms with Crippen LogP contribution in [0, 0.1) is 0 Å². The number of rotatable bonds is 8. The number of carbonyl (C=O) groups is 1. The molecule has 0 radical (unpaired) electrons. The first-order chi connectivity index (χ1) is 16.0. The summed E-state index contributed by atoms with van der Waals surface area (Å²) in [4.78, 5) is 17.6. The zero-order valence-corrected chi connectivity index (χ0v) is 19.8. The van der Waals surface area contributed by atoms with E-state index in [1.807, 2.05) is 55.5 Å². The molecule has 1 N–H and O–H groups in total. The molecule has 1 aliphatic heterocycles. The van der Waals surface area contributed by atoms with E-state index in [-0.39, 0.29) is 6.61 Å². The number of thioether (sulfide) groups is 1. The number of anilines is 1. The Morgan fingerprint density at radius 3 is 2.88 bits per heavy atom. The second-order valence-corrected chi connectivity index (χ2v) is 8.62. The van der Waals surface area contributed by atoms with Crippen molar-refractivity contribution in [2.45, 2.75) is 23.9 Å². The van der Waals surface area contributed by atoms with Gasteiger partial charge in [-0.1, -0.05) is 66.3 Å². The fraction of sp³-hybridized carbons (Fsp3) is 0.208. The molecule has 33 heavy (non-hydrogen) atoms. The van der Waals surface area contributed by atoms with E-state index < -0.39 is 12.0 Å². The molecule has 4 rings (SSSR count). The zero-order valence-electron chi connectivity index (χ0n) is 18.2. The minimum atomic E-state index is -0.532. The Balaban J connectivity index is 1.71. The number of aromatic nitrogens is 3. The molecule has 0 saturated heterocycles. The number of halogens is 1. The van der Waals surface area contributed by atoms with Gasteiger partial charge in [0, 0.05) is 16.5 Å². The summed E-state index contributed by atoms with van der Waals surface area (Å²) < 4.78 is 12.5. The first-order valence-corrected chi connectivity index (χ1v) is 11.6. The van der Waals surface area contributed by atoms with Crippen LogP contribution in [0.5, 0.6) is 5.75 Å². The fourth-order valence-electron chi connectivity index (χ4n) is 3.55. The molecule has 0 spiro atoms. The third-order valence-electron chi connectivity index (χ3n) is 5.11. The molecule has 2 heterocycles. The molecule has 1 atom stereocenters. The van der Waals surface area contributed by atoms with Crippen LogP contribution >= 0.6 is 23.4 Å². The minimum Gasteiger partial charge on any atom is -0.497 e. The third-order valence-corrected chi connectivity index (χ3v) is 6.36. The maximum Gasteiger partial charge on any atom is 0.338 e. The van der Waals surface area contributed by atoms with Crippen molar-refractivity contribution >= 4 is 35.3 Å². The van der Waals surface area contributed by atoms with E-state index in [2.05, 4.69) is 16.9 Å². The Hall–Kier alpha value is -3.23. The third kappa shape index (κ3) is 4.91. The van der Waals surface area contributed by atoms with Gasteiger partial charge in [0.1, 0.15) is 18.4 Å². The van der Waals surface area contributed by atoms with Crippen LogP contribution in [-0.4, -0.2) is 34.5 Å². The van der Waals surface area contributed by atoms with E-state index >= 15 is 0 Å². The number of ether oxygens (including phenoxy) is 2. The predicted molar refractivity (Wildman–Crippen MR) is 130 cm³/mol. The molecule has 3 aromatic rings. The quantitative estimate of drug-likeness (QED) is 0.267. The van der Waals surface area contributed by atoms with Gasteiger partial charge in [-0.05, 0) is 36.2 Å². The summed E-state index contributed by atoms with van der Waals surface area (Å²) in [6, 6.07) is 14.7. The van der Waals surface area contributed by atoms with Crippen molar-refractivity contribution in [2.24, 2.45) is 0 Å². The van der Waals surface area contributed by atoms with Crippen molar-refractivity contribution in [1.29, 1.82) is 0 Å². The smallest absolute Gasteiger partial charge is 0.338 e. The number of allylic oxidation sites excluding steroid dienone is 1. The molecule has 0 amide bonds. The second kappa shape index (κ2) is 10.1. The number of benzene rings is 2. The van der Waals surface area contributed by atoms with Crippen molar-refractivity contribution in [3.05, 3.63) is 88.6 Å². The lowest BCUT2D eigenvalue weighted by atomic mass is 9.95. The van der Waals surface area contributed by atoms with Crippen LogP contribution in [-0.2, 0) is 15.3 Å². The number of carbonyl (C=O) groups excluding carboxylic acids is 1. The average Bonchev–Trinajstić information content (AvgIpc) is 3.23. The SMILES string of the molecule is C=CCOC(=O)C1=C(C)Nc2nc(SCc3ccccc3Cl)nn2C1c1cccc(OC)c1. The standard InChI is InChI=1S/C24H23ClN4O3S/c1-4-12-32-22(30)20-15(2)26-23-27-24(33-14-17-8-5-6-11-19(17)25)28-29(23)21(20)16-9-7-10-18(13-16)31-3/h4-11,13,21H,1,12,14H2,2-3H3,(H,26,27,28). The lowest BCUT2D eigenvalue weighted by molar-refractivity contribution is -0.138. The molecule has 0 fully saturated rings. The summed E-state index contributed by atoms with van der Waals surface area (Å²) in [5, 5.41) is 9.18. The van der Waals surface area contributed by atoms with Gasteiger partial charge in [0.25, 0.3) is 0 Å². The average molecular weight is 483 g/mol. The van der Waals surface area contributed by atoms with Crippen molar-refractivity contribution in [3.8, 4) is 5.75 Å². The number of nitrogens with zero attached hydrogens (tertiary/aromatic N) is 3. The van der Waals surface area contributed by atoms with Crippen LogP contribution < -0.4 is 10.1 Å². The zero-order chi connectivity index (χ0) is 23.4. The van der Waals surface area contributed by atoms with Crippen LogP contribution in [0.1, 0.15) is 24.1 Å². The lowest BCUT2D eigenvalue weighted by Gasteiger charge is -2.28. The largest absolute Gasteiger partial charge is 0.497 e. The van der Waals surface area contributed by atoms with Crippen LogP contribution in [0.4, 0.5) is 5.95 Å². The normalized spacial score (nSPS) is 14.9. The van der Waals surface area contributed by atoms with Gasteiger partial charge in [-0.2, -0.15) is 4.98 Å². The van der Waals surface area contributed by atoms with E-state index in [0.717, 1.165) is 11.1 Å². The minimum absolute atomic E-state index is 0.115. The molecule has 2 aromatic carbocycles. The summed E-state index contributed by atoms with van der Waals surface area (Å²) >= 11 is 7.76. The van der Waals surface area contributed by atoms with Crippen LogP contribution in [0.2, 0.25) is 5.02 Å². The number of fused-ring (bicyclic) bond motifs is 1. The van der Waals surface area contributed by atoms with Crippen LogP contribution in [0.25, 0.3) is 0 Å². The van der Waals surface area contributed by atoms with Crippen LogP contribution in [0.15, 0.2) is 77.6 Å². The molecule has 1 aromatic heterocycles. The molecule has 9 heteroatoms. The second-order valence-electron chi connectivity index (χ2n) is 7.27. The Bertz CT molecular complexity index is 1220. The molecule has 1 unspecified atom stereocenters. The van der Waals surface area contributed by atoms with Gasteiger partial charge < -0.3 is 14.8 Å². The van der Waals surface area contributed by atoms with Gasteiger partial charge in [-0.25, -0.2) is 9.48 Å². The number of hydrogen-bond donors (Lipinski definition) is 1. The maximum absolute atomic E-state index is 13.0. The van der Waals surface area contributed by atoms with E-state index in [0.29, 0.717) is 38.9 Å². The molecular weight excluding hydrogens is 460 g/mol. The van der Waals surface area contributed by atoms with Gasteiger partial charge in [0.05, 0.1) is 12.7 Å². The summed E-state index contributed by atoms with van der Waals surface area (Å²) in [7, 11) is 1.60. The Morgan fingerprint density at radius 2 is 2.12 bits per heavy atom. The lowest BCUT2D eigenvalue weighted by Crippen LogP contribution is -2.29. The van der Waals surface area contributed by atoms with E-state index in [1.54, 1.807) is 11.8 Å². The van der Waals surface area contributed by atoms with Gasteiger partial charge in [-0.3, -0.25) is 0 Å². The van der Waals surface area contributed by atoms with Crippen LogP contribution in [0.3, 0.4) is 0 Å². The number of hydrogen-bond acceptors (Lipinski definition) is 7. The summed E-state index contributed by atoms with van der Waals surface area (Å²) in [5.74, 6) is 1.40. The summed E-state index contributed by atoms with van der Waals surface area (Å²) in [6.07, 6.45) is 1.54. The van der Waals surface area contributed by atoms with E-state index in [4.69, 9.17) is 26.2 Å². The summed E-state index contributed by atoms with van der Waals surface area (Å²) in [6.45, 7) is 5.56.